The van der Waals surface area contributed by atoms with Crippen LogP contribution in [0.3, 0.4) is 0 Å². The Morgan fingerprint density at radius 3 is 2.58 bits per heavy atom. The lowest BCUT2D eigenvalue weighted by atomic mass is 10.2. The summed E-state index contributed by atoms with van der Waals surface area (Å²) >= 11 is 5.91. The topological polar surface area (TPSA) is 43.3 Å². The Hall–Kier alpha value is -2.24. The monoisotopic (exact) mass is 374 g/mol. The molecule has 2 aromatic carbocycles. The van der Waals surface area contributed by atoms with Crippen molar-refractivity contribution in [2.75, 3.05) is 32.9 Å². The van der Waals surface area contributed by atoms with Crippen LogP contribution >= 0.6 is 11.6 Å². The van der Waals surface area contributed by atoms with E-state index in [0.717, 1.165) is 37.4 Å². The molecule has 0 radical (unpaired) electrons. The molecule has 0 spiro atoms. The molecule has 5 nitrogen and oxygen atoms in total. The van der Waals surface area contributed by atoms with Gasteiger partial charge in [0.05, 0.1) is 39.1 Å². The molecule has 0 unspecified atom stereocenters. The summed E-state index contributed by atoms with van der Waals surface area (Å²) in [6.45, 7) is 6.06. The normalized spacial score (nSPS) is 14.6. The third-order valence-electron chi connectivity index (χ3n) is 3.93. The molecule has 26 heavy (non-hydrogen) atoms. The molecule has 0 aliphatic carbocycles. The van der Waals surface area contributed by atoms with Crippen molar-refractivity contribution in [1.82, 2.24) is 5.01 Å². The highest BCUT2D eigenvalue weighted by Crippen LogP contribution is 2.29. The molecule has 0 N–H and O–H groups in total. The second-order valence-electron chi connectivity index (χ2n) is 5.86. The summed E-state index contributed by atoms with van der Waals surface area (Å²) < 4.78 is 17.0. The van der Waals surface area contributed by atoms with Gasteiger partial charge in [-0.25, -0.2) is 0 Å². The summed E-state index contributed by atoms with van der Waals surface area (Å²) in [7, 11) is 0. The number of hydrogen-bond acceptors (Lipinski definition) is 5. The van der Waals surface area contributed by atoms with E-state index < -0.39 is 0 Å². The van der Waals surface area contributed by atoms with Crippen molar-refractivity contribution in [3.05, 3.63) is 58.6 Å². The highest BCUT2D eigenvalue weighted by atomic mass is 35.5. The number of ether oxygens (including phenoxy) is 3. The van der Waals surface area contributed by atoms with Crippen molar-refractivity contribution >= 4 is 17.8 Å². The van der Waals surface area contributed by atoms with Gasteiger partial charge in [0.2, 0.25) is 0 Å². The predicted octanol–water partition coefficient (Wildman–Crippen LogP) is 3.98. The highest BCUT2D eigenvalue weighted by Gasteiger charge is 2.09. The van der Waals surface area contributed by atoms with Crippen LogP contribution in [0.15, 0.2) is 47.6 Å². The van der Waals surface area contributed by atoms with Crippen LogP contribution in [0.2, 0.25) is 5.02 Å². The molecule has 1 fully saturated rings. The number of hydrogen-bond donors (Lipinski definition) is 0. The second-order valence-corrected chi connectivity index (χ2v) is 6.30. The molecule has 0 saturated carbocycles. The van der Waals surface area contributed by atoms with Gasteiger partial charge in [-0.2, -0.15) is 5.10 Å². The quantitative estimate of drug-likeness (QED) is 0.687. The Morgan fingerprint density at radius 1 is 1.08 bits per heavy atom. The SMILES string of the molecule is CCOc1cc(/C=N/N2CCOCC2)ccc1OCc1ccc(Cl)cc1. The molecule has 3 rings (SSSR count). The smallest absolute Gasteiger partial charge is 0.161 e. The first-order valence-electron chi connectivity index (χ1n) is 8.75. The maximum absolute atomic E-state index is 5.93. The van der Waals surface area contributed by atoms with Crippen molar-refractivity contribution in [2.24, 2.45) is 5.10 Å². The number of halogens is 1. The van der Waals surface area contributed by atoms with E-state index in [1.54, 1.807) is 0 Å². The summed E-state index contributed by atoms with van der Waals surface area (Å²) in [5.74, 6) is 1.43. The van der Waals surface area contributed by atoms with E-state index >= 15 is 0 Å². The Morgan fingerprint density at radius 2 is 1.85 bits per heavy atom. The van der Waals surface area contributed by atoms with Crippen LogP contribution in [-0.4, -0.2) is 44.1 Å². The van der Waals surface area contributed by atoms with E-state index in [9.17, 15) is 0 Å². The summed E-state index contributed by atoms with van der Waals surface area (Å²) in [5, 5.41) is 7.23. The van der Waals surface area contributed by atoms with Gasteiger partial charge in [-0.15, -0.1) is 0 Å². The van der Waals surface area contributed by atoms with Gasteiger partial charge in [-0.3, -0.25) is 5.01 Å². The van der Waals surface area contributed by atoms with Gasteiger partial charge in [0.25, 0.3) is 0 Å². The molecule has 138 valence electrons. The first-order valence-corrected chi connectivity index (χ1v) is 9.13. The Bertz CT molecular complexity index is 728. The van der Waals surface area contributed by atoms with Gasteiger partial charge in [-0.05, 0) is 48.4 Å². The van der Waals surface area contributed by atoms with E-state index in [4.69, 9.17) is 25.8 Å². The summed E-state index contributed by atoms with van der Waals surface area (Å²) in [5.41, 5.74) is 2.02. The lowest BCUT2D eigenvalue weighted by Crippen LogP contribution is -2.32. The first-order chi connectivity index (χ1) is 12.7. The van der Waals surface area contributed by atoms with Gasteiger partial charge in [0.1, 0.15) is 6.61 Å². The van der Waals surface area contributed by atoms with E-state index in [1.165, 1.54) is 0 Å². The van der Waals surface area contributed by atoms with E-state index in [0.29, 0.717) is 29.7 Å². The van der Waals surface area contributed by atoms with E-state index in [-0.39, 0.29) is 0 Å². The molecule has 0 bridgehead atoms. The number of hydrazone groups is 1. The lowest BCUT2D eigenvalue weighted by Gasteiger charge is -2.23. The number of rotatable bonds is 7. The summed E-state index contributed by atoms with van der Waals surface area (Å²) in [6.07, 6.45) is 1.84. The van der Waals surface area contributed by atoms with Crippen LogP contribution in [0.5, 0.6) is 11.5 Å². The third-order valence-corrected chi connectivity index (χ3v) is 4.18. The minimum absolute atomic E-state index is 0.457. The molecular formula is C20H23ClN2O3. The number of nitrogens with zero attached hydrogens (tertiary/aromatic N) is 2. The van der Waals surface area contributed by atoms with E-state index in [2.05, 4.69) is 5.10 Å². The van der Waals surface area contributed by atoms with Gasteiger partial charge in [-0.1, -0.05) is 23.7 Å². The van der Waals surface area contributed by atoms with Crippen LogP contribution in [-0.2, 0) is 11.3 Å². The van der Waals surface area contributed by atoms with Crippen molar-refractivity contribution < 1.29 is 14.2 Å². The minimum atomic E-state index is 0.457. The standard InChI is InChI=1S/C20H23ClN2O3/c1-2-25-20-13-17(14-22-23-9-11-24-12-10-23)5-8-19(20)26-15-16-3-6-18(21)7-4-16/h3-8,13-14H,2,9-12,15H2,1H3/b22-14+. The number of benzene rings is 2. The largest absolute Gasteiger partial charge is 0.490 e. The zero-order valence-corrected chi connectivity index (χ0v) is 15.6. The zero-order valence-electron chi connectivity index (χ0n) is 14.9. The fourth-order valence-corrected chi connectivity index (χ4v) is 2.68. The first kappa shape index (κ1) is 18.5. The average molecular weight is 375 g/mol. The number of morpholine rings is 1. The van der Waals surface area contributed by atoms with E-state index in [1.807, 2.05) is 60.6 Å². The maximum Gasteiger partial charge on any atom is 0.161 e. The van der Waals surface area contributed by atoms with Crippen LogP contribution in [0, 0.1) is 0 Å². The molecule has 0 aromatic heterocycles. The van der Waals surface area contributed by atoms with Crippen molar-refractivity contribution in [3.8, 4) is 11.5 Å². The Labute approximate surface area is 159 Å². The predicted molar refractivity (Wildman–Crippen MR) is 103 cm³/mol. The average Bonchev–Trinajstić information content (AvgIpc) is 2.68. The zero-order chi connectivity index (χ0) is 18.2. The summed E-state index contributed by atoms with van der Waals surface area (Å²) in [6, 6.07) is 13.5. The Balaban J connectivity index is 1.67. The molecular weight excluding hydrogens is 352 g/mol. The highest BCUT2D eigenvalue weighted by molar-refractivity contribution is 6.30. The van der Waals surface area contributed by atoms with Crippen LogP contribution < -0.4 is 9.47 Å². The van der Waals surface area contributed by atoms with Crippen molar-refractivity contribution in [2.45, 2.75) is 13.5 Å². The van der Waals surface area contributed by atoms with Crippen LogP contribution in [0.25, 0.3) is 0 Å². The molecule has 1 saturated heterocycles. The molecule has 0 amide bonds. The second kappa shape index (κ2) is 9.46. The minimum Gasteiger partial charge on any atom is -0.490 e. The lowest BCUT2D eigenvalue weighted by molar-refractivity contribution is 0.0397. The molecule has 1 heterocycles. The summed E-state index contributed by atoms with van der Waals surface area (Å²) in [4.78, 5) is 0. The molecule has 0 atom stereocenters. The fourth-order valence-electron chi connectivity index (χ4n) is 2.55. The van der Waals surface area contributed by atoms with Crippen molar-refractivity contribution in [3.63, 3.8) is 0 Å². The Kier molecular flexibility index (Phi) is 6.75. The van der Waals surface area contributed by atoms with Gasteiger partial charge < -0.3 is 14.2 Å². The van der Waals surface area contributed by atoms with Crippen LogP contribution in [0.1, 0.15) is 18.1 Å². The fraction of sp³-hybridized carbons (Fsp3) is 0.350. The molecule has 1 aliphatic heterocycles. The van der Waals surface area contributed by atoms with Gasteiger partial charge in [0, 0.05) is 5.02 Å². The van der Waals surface area contributed by atoms with Crippen molar-refractivity contribution in [1.29, 1.82) is 0 Å². The third kappa shape index (κ3) is 5.38. The molecule has 2 aromatic rings. The van der Waals surface area contributed by atoms with Gasteiger partial charge >= 0.3 is 0 Å². The molecule has 6 heteroatoms. The van der Waals surface area contributed by atoms with Crippen LogP contribution in [0.4, 0.5) is 0 Å². The maximum atomic E-state index is 5.93. The van der Waals surface area contributed by atoms with Gasteiger partial charge in [0.15, 0.2) is 11.5 Å². The molecule has 1 aliphatic rings.